The van der Waals surface area contributed by atoms with E-state index in [9.17, 15) is 12.8 Å². The normalized spacial score (nSPS) is 12.9. The Kier molecular flexibility index (Phi) is 10.9. The molecule has 172 valence electrons. The van der Waals surface area contributed by atoms with E-state index in [4.69, 9.17) is 0 Å². The molecule has 0 amide bonds. The van der Waals surface area contributed by atoms with Gasteiger partial charge in [0.2, 0.25) is 0 Å². The molecule has 2 rings (SSSR count). The second-order valence-corrected chi connectivity index (χ2v) is 9.47. The first-order valence-corrected chi connectivity index (χ1v) is 11.7. The number of rotatable bonds is 8. The molecule has 1 atom stereocenters. The number of likely N-dealkylation sites (N-methyl/N-ethyl adjacent to an activating group) is 1. The third-order valence-electron chi connectivity index (χ3n) is 4.72. The highest BCUT2D eigenvalue weighted by molar-refractivity contribution is 14.0. The minimum Gasteiger partial charge on any atom is -0.357 e. The Morgan fingerprint density at radius 3 is 2.42 bits per heavy atom. The maximum absolute atomic E-state index is 13.6. The summed E-state index contributed by atoms with van der Waals surface area (Å²) in [6.45, 7) is 5.43. The molecular weight excluding hydrogens is 530 g/mol. The maximum atomic E-state index is 13.6. The van der Waals surface area contributed by atoms with E-state index in [-0.39, 0.29) is 35.8 Å². The summed E-state index contributed by atoms with van der Waals surface area (Å²) in [7, 11) is 0.666. The number of nitrogens with zero attached hydrogens (tertiary/aromatic N) is 2. The van der Waals surface area contributed by atoms with Crippen molar-refractivity contribution in [1.29, 1.82) is 0 Å². The van der Waals surface area contributed by atoms with Gasteiger partial charge in [-0.05, 0) is 62.8 Å². The number of aryl methyl sites for hydroxylation is 1. The molecule has 0 spiro atoms. The van der Waals surface area contributed by atoms with Crippen LogP contribution in [0, 0.1) is 12.7 Å². The fourth-order valence-corrected chi connectivity index (χ4v) is 4.20. The van der Waals surface area contributed by atoms with Crippen LogP contribution in [0.25, 0.3) is 0 Å². The van der Waals surface area contributed by atoms with Crippen molar-refractivity contribution in [2.24, 2.45) is 4.99 Å². The average Bonchev–Trinajstić information content (AvgIpc) is 2.65. The number of halogens is 2. The summed E-state index contributed by atoms with van der Waals surface area (Å²) in [6.07, 6.45) is 1.21. The standard InChI is InChI=1S/C22H31FN4O2S.HI/c1-6-24-22(25-14-17-10-11-21(16(2)12-17)30(5,28)29)26-15-20(27(3)4)18-8-7-9-19(23)13-18;/h7-13,20H,6,14-15H2,1-5H3,(H2,24,25,26);1H. The van der Waals surface area contributed by atoms with Gasteiger partial charge in [0, 0.05) is 19.3 Å². The lowest BCUT2D eigenvalue weighted by Crippen LogP contribution is -2.41. The van der Waals surface area contributed by atoms with Crippen molar-refractivity contribution in [2.75, 3.05) is 33.4 Å². The predicted molar refractivity (Wildman–Crippen MR) is 135 cm³/mol. The van der Waals surface area contributed by atoms with Gasteiger partial charge in [-0.3, -0.25) is 0 Å². The number of aliphatic imine (C=N–C) groups is 1. The highest BCUT2D eigenvalue weighted by Gasteiger charge is 2.15. The molecule has 0 aliphatic heterocycles. The van der Waals surface area contributed by atoms with E-state index in [0.29, 0.717) is 36.1 Å². The van der Waals surface area contributed by atoms with Crippen LogP contribution in [-0.2, 0) is 16.4 Å². The number of nitrogens with one attached hydrogen (secondary N) is 2. The molecule has 31 heavy (non-hydrogen) atoms. The minimum atomic E-state index is -3.24. The van der Waals surface area contributed by atoms with Crippen LogP contribution in [0.5, 0.6) is 0 Å². The van der Waals surface area contributed by atoms with Crippen molar-refractivity contribution >= 4 is 39.8 Å². The first-order chi connectivity index (χ1) is 14.1. The third-order valence-corrected chi connectivity index (χ3v) is 5.98. The molecule has 1 unspecified atom stereocenters. The van der Waals surface area contributed by atoms with Gasteiger partial charge in [-0.2, -0.15) is 0 Å². The van der Waals surface area contributed by atoms with Crippen molar-refractivity contribution in [1.82, 2.24) is 15.5 Å². The van der Waals surface area contributed by atoms with E-state index in [1.165, 1.54) is 12.3 Å². The molecule has 6 nitrogen and oxygen atoms in total. The molecule has 0 aliphatic carbocycles. The van der Waals surface area contributed by atoms with E-state index >= 15 is 0 Å². The van der Waals surface area contributed by atoms with Gasteiger partial charge in [-0.15, -0.1) is 24.0 Å². The summed E-state index contributed by atoms with van der Waals surface area (Å²) in [5, 5.41) is 6.53. The van der Waals surface area contributed by atoms with Crippen molar-refractivity contribution in [3.63, 3.8) is 0 Å². The van der Waals surface area contributed by atoms with Crippen LogP contribution in [-0.4, -0.2) is 52.7 Å². The third kappa shape index (κ3) is 8.38. The topological polar surface area (TPSA) is 73.8 Å². The summed E-state index contributed by atoms with van der Waals surface area (Å²) < 4.78 is 37.2. The quantitative estimate of drug-likeness (QED) is 0.293. The molecule has 2 N–H and O–H groups in total. The molecule has 0 aromatic heterocycles. The van der Waals surface area contributed by atoms with Gasteiger partial charge in [0.15, 0.2) is 15.8 Å². The Bertz CT molecular complexity index is 997. The summed E-state index contributed by atoms with van der Waals surface area (Å²) in [5.41, 5.74) is 2.52. The molecule has 0 saturated heterocycles. The molecule has 9 heteroatoms. The Morgan fingerprint density at radius 2 is 1.87 bits per heavy atom. The average molecular weight is 562 g/mol. The summed E-state index contributed by atoms with van der Waals surface area (Å²) in [6, 6.07) is 11.8. The highest BCUT2D eigenvalue weighted by Crippen LogP contribution is 2.19. The minimum absolute atomic E-state index is 0. The molecule has 2 aromatic carbocycles. The molecule has 0 fully saturated rings. The molecular formula is C22H32FIN4O2S. The Labute approximate surface area is 202 Å². The summed E-state index contributed by atoms with van der Waals surface area (Å²) in [4.78, 5) is 6.98. The van der Waals surface area contributed by atoms with Gasteiger partial charge in [-0.1, -0.05) is 24.3 Å². The van der Waals surface area contributed by atoms with E-state index in [0.717, 1.165) is 11.1 Å². The van der Waals surface area contributed by atoms with Gasteiger partial charge in [0.1, 0.15) is 5.82 Å². The molecule has 0 heterocycles. The molecule has 0 aliphatic rings. The van der Waals surface area contributed by atoms with E-state index in [1.807, 2.05) is 38.1 Å². The van der Waals surface area contributed by atoms with Crippen LogP contribution in [0.4, 0.5) is 4.39 Å². The lowest BCUT2D eigenvalue weighted by molar-refractivity contribution is 0.297. The van der Waals surface area contributed by atoms with Gasteiger partial charge in [0.25, 0.3) is 0 Å². The Balaban J connectivity index is 0.00000480. The van der Waals surface area contributed by atoms with Crippen LogP contribution in [0.1, 0.15) is 29.7 Å². The van der Waals surface area contributed by atoms with Crippen LogP contribution in [0.3, 0.4) is 0 Å². The Hall–Kier alpha value is -1.72. The van der Waals surface area contributed by atoms with E-state index in [2.05, 4.69) is 15.6 Å². The molecule has 2 aromatic rings. The zero-order valence-electron chi connectivity index (χ0n) is 18.6. The SMILES string of the molecule is CCNC(=NCc1ccc(S(C)(=O)=O)c(C)c1)NCC(c1cccc(F)c1)N(C)C.I. The van der Waals surface area contributed by atoms with Gasteiger partial charge in [-0.25, -0.2) is 17.8 Å². The maximum Gasteiger partial charge on any atom is 0.191 e. The second-order valence-electron chi connectivity index (χ2n) is 7.48. The second kappa shape index (κ2) is 12.4. The van der Waals surface area contributed by atoms with Crippen LogP contribution >= 0.6 is 24.0 Å². The lowest BCUT2D eigenvalue weighted by Gasteiger charge is -2.26. The smallest absolute Gasteiger partial charge is 0.191 e. The number of guanidine groups is 1. The van der Waals surface area contributed by atoms with Crippen molar-refractivity contribution < 1.29 is 12.8 Å². The first kappa shape index (κ1) is 27.3. The van der Waals surface area contributed by atoms with E-state index in [1.54, 1.807) is 31.2 Å². The molecule has 0 bridgehead atoms. The predicted octanol–water partition coefficient (Wildman–Crippen LogP) is 3.51. The first-order valence-electron chi connectivity index (χ1n) is 9.85. The number of benzene rings is 2. The van der Waals surface area contributed by atoms with Crippen LogP contribution in [0.15, 0.2) is 52.4 Å². The van der Waals surface area contributed by atoms with Crippen LogP contribution in [0.2, 0.25) is 0 Å². The molecule has 0 radical (unpaired) electrons. The van der Waals surface area contributed by atoms with Crippen LogP contribution < -0.4 is 10.6 Å². The largest absolute Gasteiger partial charge is 0.357 e. The summed E-state index contributed by atoms with van der Waals surface area (Å²) >= 11 is 0. The van der Waals surface area contributed by atoms with Crippen molar-refractivity contribution in [2.45, 2.75) is 31.3 Å². The fourth-order valence-electron chi connectivity index (χ4n) is 3.24. The number of hydrogen-bond acceptors (Lipinski definition) is 4. The van der Waals surface area contributed by atoms with Gasteiger partial charge >= 0.3 is 0 Å². The zero-order valence-corrected chi connectivity index (χ0v) is 21.8. The van der Waals surface area contributed by atoms with Gasteiger partial charge < -0.3 is 15.5 Å². The summed E-state index contributed by atoms with van der Waals surface area (Å²) in [5.74, 6) is 0.387. The number of sulfone groups is 1. The highest BCUT2D eigenvalue weighted by atomic mass is 127. The number of hydrogen-bond donors (Lipinski definition) is 2. The zero-order chi connectivity index (χ0) is 22.3. The van der Waals surface area contributed by atoms with Crippen molar-refractivity contribution in [3.8, 4) is 0 Å². The van der Waals surface area contributed by atoms with Crippen molar-refractivity contribution in [3.05, 3.63) is 65.0 Å². The molecule has 0 saturated carbocycles. The fraction of sp³-hybridized carbons (Fsp3) is 0.409. The van der Waals surface area contributed by atoms with Gasteiger partial charge in [0.05, 0.1) is 17.5 Å². The lowest BCUT2D eigenvalue weighted by atomic mass is 10.1. The van der Waals surface area contributed by atoms with E-state index < -0.39 is 9.84 Å². The monoisotopic (exact) mass is 562 g/mol. The Morgan fingerprint density at radius 1 is 1.16 bits per heavy atom.